The molecule has 1 saturated carbocycles. The van der Waals surface area contributed by atoms with Gasteiger partial charge in [0.25, 0.3) is 0 Å². The number of carbonyl (C=O) groups is 2. The average molecular weight is 326 g/mol. The molecule has 0 atom stereocenters. The quantitative estimate of drug-likeness (QED) is 0.633. The molecule has 0 saturated heterocycles. The van der Waals surface area contributed by atoms with E-state index in [1.165, 1.54) is 7.11 Å². The Kier molecular flexibility index (Phi) is 4.69. The molecular weight excluding hydrogens is 310 g/mol. The molecule has 0 spiro atoms. The van der Waals surface area contributed by atoms with Crippen LogP contribution in [0.2, 0.25) is 0 Å². The number of rotatable bonds is 3. The van der Waals surface area contributed by atoms with E-state index in [2.05, 4.69) is 20.9 Å². The lowest BCUT2D eigenvalue weighted by atomic mass is 9.79. The van der Waals surface area contributed by atoms with Gasteiger partial charge in [-0.1, -0.05) is 0 Å². The topological polar surface area (TPSA) is 56.3 Å². The molecule has 19 heavy (non-hydrogen) atoms. The molecule has 0 N–H and O–H groups in total. The fourth-order valence-electron chi connectivity index (χ4n) is 2.49. The van der Waals surface area contributed by atoms with Gasteiger partial charge in [-0.05, 0) is 53.7 Å². The minimum Gasteiger partial charge on any atom is -0.469 e. The molecule has 1 aromatic rings. The summed E-state index contributed by atoms with van der Waals surface area (Å²) in [5.74, 6) is -0.148. The van der Waals surface area contributed by atoms with Crippen molar-refractivity contribution in [1.29, 1.82) is 0 Å². The Hall–Kier alpha value is -1.23. The van der Waals surface area contributed by atoms with Gasteiger partial charge in [0.1, 0.15) is 5.69 Å². The molecule has 1 fully saturated rings. The Morgan fingerprint density at radius 1 is 1.21 bits per heavy atom. The maximum Gasteiger partial charge on any atom is 0.308 e. The first-order chi connectivity index (χ1) is 9.11. The van der Waals surface area contributed by atoms with Crippen LogP contribution in [0.5, 0.6) is 0 Å². The highest BCUT2D eigenvalue weighted by Crippen LogP contribution is 2.31. The summed E-state index contributed by atoms with van der Waals surface area (Å²) in [7, 11) is 1.41. The maximum absolute atomic E-state index is 12.3. The predicted molar refractivity (Wildman–Crippen MR) is 73.7 cm³/mol. The van der Waals surface area contributed by atoms with Crippen LogP contribution in [-0.2, 0) is 9.53 Å². The third kappa shape index (κ3) is 3.41. The standard InChI is InChI=1S/C14H16BrNO3/c1-19-14(18)10-4-2-9(3-5-10)13(17)12-7-6-11(15)8-16-12/h6-10H,2-5H2,1H3/t9-,10-. The summed E-state index contributed by atoms with van der Waals surface area (Å²) in [4.78, 5) is 27.8. The van der Waals surface area contributed by atoms with E-state index in [-0.39, 0.29) is 23.6 Å². The summed E-state index contributed by atoms with van der Waals surface area (Å²) in [6, 6.07) is 3.55. The lowest BCUT2D eigenvalue weighted by Crippen LogP contribution is -2.27. The summed E-state index contributed by atoms with van der Waals surface area (Å²) in [6.45, 7) is 0. The highest BCUT2D eigenvalue weighted by Gasteiger charge is 2.31. The van der Waals surface area contributed by atoms with Crippen molar-refractivity contribution in [1.82, 2.24) is 4.98 Å². The first-order valence-corrected chi connectivity index (χ1v) is 7.14. The van der Waals surface area contributed by atoms with E-state index < -0.39 is 0 Å². The van der Waals surface area contributed by atoms with Gasteiger partial charge in [0, 0.05) is 16.6 Å². The molecular formula is C14H16BrNO3. The zero-order chi connectivity index (χ0) is 13.8. The molecule has 4 nitrogen and oxygen atoms in total. The molecule has 1 aliphatic rings. The van der Waals surface area contributed by atoms with Crippen molar-refractivity contribution in [2.45, 2.75) is 25.7 Å². The summed E-state index contributed by atoms with van der Waals surface area (Å²) in [6.07, 6.45) is 4.54. The molecule has 0 aromatic carbocycles. The van der Waals surface area contributed by atoms with Crippen LogP contribution in [0.4, 0.5) is 0 Å². The third-order valence-corrected chi connectivity index (χ3v) is 4.08. The number of hydrogen-bond donors (Lipinski definition) is 0. The van der Waals surface area contributed by atoms with Gasteiger partial charge in [0.2, 0.25) is 0 Å². The number of hydrogen-bond acceptors (Lipinski definition) is 4. The lowest BCUT2D eigenvalue weighted by Gasteiger charge is -2.25. The van der Waals surface area contributed by atoms with Gasteiger partial charge in [-0.3, -0.25) is 14.6 Å². The average Bonchev–Trinajstić information content (AvgIpc) is 2.46. The van der Waals surface area contributed by atoms with Gasteiger partial charge in [0.15, 0.2) is 5.78 Å². The molecule has 0 bridgehead atoms. The molecule has 102 valence electrons. The highest BCUT2D eigenvalue weighted by molar-refractivity contribution is 9.10. The first kappa shape index (κ1) is 14.2. The van der Waals surface area contributed by atoms with Crippen LogP contribution in [0.3, 0.4) is 0 Å². The van der Waals surface area contributed by atoms with E-state index in [9.17, 15) is 9.59 Å². The van der Waals surface area contributed by atoms with Crippen LogP contribution < -0.4 is 0 Å². The fraction of sp³-hybridized carbons (Fsp3) is 0.500. The number of carbonyl (C=O) groups excluding carboxylic acids is 2. The largest absolute Gasteiger partial charge is 0.469 e. The van der Waals surface area contributed by atoms with Gasteiger partial charge in [-0.2, -0.15) is 0 Å². The zero-order valence-corrected chi connectivity index (χ0v) is 12.4. The Balaban J connectivity index is 1.96. The fourth-order valence-corrected chi connectivity index (χ4v) is 2.72. The molecule has 0 aliphatic heterocycles. The van der Waals surface area contributed by atoms with E-state index in [1.807, 2.05) is 6.07 Å². The number of methoxy groups -OCH3 is 1. The first-order valence-electron chi connectivity index (χ1n) is 6.35. The van der Waals surface area contributed by atoms with E-state index >= 15 is 0 Å². The number of nitrogens with zero attached hydrogens (tertiary/aromatic N) is 1. The van der Waals surface area contributed by atoms with E-state index in [1.54, 1.807) is 12.3 Å². The van der Waals surface area contributed by atoms with Crippen molar-refractivity contribution in [3.05, 3.63) is 28.5 Å². The number of ether oxygens (including phenoxy) is 1. The SMILES string of the molecule is COC(=O)[C@H]1CC[C@H](C(=O)c2ccc(Br)cn2)CC1. The van der Waals surface area contributed by atoms with Crippen LogP contribution in [0, 0.1) is 11.8 Å². The number of pyridine rings is 1. The normalized spacial score (nSPS) is 22.8. The third-order valence-electron chi connectivity index (χ3n) is 3.61. The van der Waals surface area contributed by atoms with Crippen molar-refractivity contribution in [2.75, 3.05) is 7.11 Å². The highest BCUT2D eigenvalue weighted by atomic mass is 79.9. The summed E-state index contributed by atoms with van der Waals surface area (Å²) in [5.41, 5.74) is 0.504. The smallest absolute Gasteiger partial charge is 0.308 e. The molecule has 1 heterocycles. The second-order valence-electron chi connectivity index (χ2n) is 4.80. The minimum absolute atomic E-state index is 0.0189. The molecule has 1 aromatic heterocycles. The molecule has 0 amide bonds. The molecule has 1 aliphatic carbocycles. The van der Waals surface area contributed by atoms with Crippen LogP contribution in [0.25, 0.3) is 0 Å². The lowest BCUT2D eigenvalue weighted by molar-refractivity contribution is -0.146. The predicted octanol–water partition coefficient (Wildman–Crippen LogP) is 3.01. The van der Waals surface area contributed by atoms with Crippen molar-refractivity contribution < 1.29 is 14.3 Å². The Bertz CT molecular complexity index is 464. The van der Waals surface area contributed by atoms with E-state index in [4.69, 9.17) is 4.74 Å². The Morgan fingerprint density at radius 2 is 1.84 bits per heavy atom. The van der Waals surface area contributed by atoms with Crippen molar-refractivity contribution in [2.24, 2.45) is 11.8 Å². The van der Waals surface area contributed by atoms with E-state index in [0.717, 1.165) is 30.2 Å². The molecule has 0 unspecified atom stereocenters. The van der Waals surface area contributed by atoms with Crippen LogP contribution in [0.15, 0.2) is 22.8 Å². The van der Waals surface area contributed by atoms with Gasteiger partial charge in [-0.25, -0.2) is 0 Å². The van der Waals surface area contributed by atoms with Crippen LogP contribution >= 0.6 is 15.9 Å². The molecule has 5 heteroatoms. The number of ketones is 1. The molecule has 0 radical (unpaired) electrons. The maximum atomic E-state index is 12.3. The van der Waals surface area contributed by atoms with Crippen LogP contribution in [0.1, 0.15) is 36.2 Å². The number of aromatic nitrogens is 1. The monoisotopic (exact) mass is 325 g/mol. The second kappa shape index (κ2) is 6.28. The second-order valence-corrected chi connectivity index (χ2v) is 5.71. The minimum atomic E-state index is -0.160. The van der Waals surface area contributed by atoms with Crippen LogP contribution in [-0.4, -0.2) is 23.8 Å². The van der Waals surface area contributed by atoms with Crippen molar-refractivity contribution in [3.63, 3.8) is 0 Å². The van der Waals surface area contributed by atoms with Gasteiger partial charge in [0.05, 0.1) is 13.0 Å². The number of esters is 1. The van der Waals surface area contributed by atoms with Gasteiger partial charge >= 0.3 is 5.97 Å². The number of halogens is 1. The van der Waals surface area contributed by atoms with Gasteiger partial charge in [-0.15, -0.1) is 0 Å². The number of Topliss-reactive ketones (excluding diaryl/α,β-unsaturated/α-hetero) is 1. The zero-order valence-electron chi connectivity index (χ0n) is 10.8. The van der Waals surface area contributed by atoms with E-state index in [0.29, 0.717) is 5.69 Å². The molecule has 2 rings (SSSR count). The Labute approximate surface area is 120 Å². The summed E-state index contributed by atoms with van der Waals surface area (Å²) < 4.78 is 5.60. The van der Waals surface area contributed by atoms with Crippen molar-refractivity contribution in [3.8, 4) is 0 Å². The Morgan fingerprint density at radius 3 is 2.37 bits per heavy atom. The van der Waals surface area contributed by atoms with Gasteiger partial charge < -0.3 is 4.74 Å². The summed E-state index contributed by atoms with van der Waals surface area (Å²) >= 11 is 3.30. The summed E-state index contributed by atoms with van der Waals surface area (Å²) in [5, 5.41) is 0. The van der Waals surface area contributed by atoms with Crippen molar-refractivity contribution >= 4 is 27.7 Å².